The number of thioether (sulfide) groups is 1. The van der Waals surface area contributed by atoms with Gasteiger partial charge in [-0.15, -0.1) is 0 Å². The van der Waals surface area contributed by atoms with Crippen molar-refractivity contribution in [1.82, 2.24) is 10.7 Å². The van der Waals surface area contributed by atoms with Gasteiger partial charge in [0.25, 0.3) is 11.8 Å². The molecule has 118 valence electrons. The molecule has 22 heavy (non-hydrogen) atoms. The van der Waals surface area contributed by atoms with Crippen molar-refractivity contribution in [3.63, 3.8) is 0 Å². The minimum absolute atomic E-state index is 0.174. The maximum atomic E-state index is 12.2. The number of hydrogen-bond acceptors (Lipinski definition) is 6. The molecule has 0 radical (unpaired) electrons. The van der Waals surface area contributed by atoms with Crippen LogP contribution in [0.25, 0.3) is 0 Å². The summed E-state index contributed by atoms with van der Waals surface area (Å²) in [4.78, 5) is 27.5. The summed E-state index contributed by atoms with van der Waals surface area (Å²) in [6.45, 7) is 4.40. The van der Waals surface area contributed by atoms with Crippen LogP contribution in [0.5, 0.6) is 5.75 Å². The lowest BCUT2D eigenvalue weighted by Crippen LogP contribution is -2.34. The van der Waals surface area contributed by atoms with Crippen LogP contribution in [0.2, 0.25) is 0 Å². The molecule has 4 N–H and O–H groups in total. The minimum atomic E-state index is -0.426. The van der Waals surface area contributed by atoms with Gasteiger partial charge in [0.15, 0.2) is 11.8 Å². The van der Waals surface area contributed by atoms with Gasteiger partial charge >= 0.3 is 0 Å². The normalized spacial score (nSPS) is 16.9. The zero-order valence-corrected chi connectivity index (χ0v) is 13.2. The van der Waals surface area contributed by atoms with Gasteiger partial charge in [0.2, 0.25) is 0 Å². The van der Waals surface area contributed by atoms with Crippen LogP contribution in [-0.2, 0) is 4.79 Å². The second kappa shape index (κ2) is 7.28. The number of carbonyl (C=O) groups excluding carboxylic acids is 2. The number of aliphatic imine (C=N–C) groups is 1. The Labute approximate surface area is 132 Å². The van der Waals surface area contributed by atoms with Crippen molar-refractivity contribution in [3.8, 4) is 5.75 Å². The fraction of sp³-hybridized carbons (Fsp3) is 0.357. The summed E-state index contributed by atoms with van der Waals surface area (Å²) in [6.07, 6.45) is 0. The second-order valence-electron chi connectivity index (χ2n) is 4.86. The summed E-state index contributed by atoms with van der Waals surface area (Å²) in [5.41, 5.74) is 3.27. The van der Waals surface area contributed by atoms with E-state index in [-0.39, 0.29) is 12.5 Å². The van der Waals surface area contributed by atoms with Gasteiger partial charge in [-0.05, 0) is 30.7 Å². The largest absolute Gasteiger partial charge is 0.484 e. The molecular weight excluding hydrogens is 304 g/mol. The number of nitrogens with two attached hydrogens (primary N) is 1. The topological polar surface area (TPSA) is 106 Å². The van der Waals surface area contributed by atoms with E-state index < -0.39 is 5.91 Å². The molecule has 1 atom stereocenters. The number of rotatable bonds is 4. The highest BCUT2D eigenvalue weighted by Gasteiger charge is 2.18. The average molecular weight is 322 g/mol. The van der Waals surface area contributed by atoms with Crippen LogP contribution in [0, 0.1) is 6.92 Å². The molecule has 0 aliphatic carbocycles. The van der Waals surface area contributed by atoms with Gasteiger partial charge in [-0.3, -0.25) is 20.0 Å². The third-order valence-electron chi connectivity index (χ3n) is 3.00. The molecule has 0 fully saturated rings. The average Bonchev–Trinajstić information content (AvgIpc) is 2.89. The molecular formula is C14H18N4O3S. The van der Waals surface area contributed by atoms with E-state index in [9.17, 15) is 9.59 Å². The fourth-order valence-corrected chi connectivity index (χ4v) is 2.71. The zero-order chi connectivity index (χ0) is 16.1. The van der Waals surface area contributed by atoms with E-state index in [1.54, 1.807) is 36.9 Å². The monoisotopic (exact) mass is 322 g/mol. The highest BCUT2D eigenvalue weighted by Crippen LogP contribution is 2.20. The Morgan fingerprint density at radius 2 is 2.27 bits per heavy atom. The van der Waals surface area contributed by atoms with Crippen LogP contribution >= 0.6 is 11.8 Å². The molecule has 1 aliphatic heterocycles. The van der Waals surface area contributed by atoms with E-state index in [4.69, 9.17) is 10.6 Å². The number of ether oxygens (including phenoxy) is 1. The van der Waals surface area contributed by atoms with Crippen LogP contribution in [0.4, 0.5) is 0 Å². The Bertz CT molecular complexity index is 618. The minimum Gasteiger partial charge on any atom is -0.484 e. The molecule has 0 spiro atoms. The van der Waals surface area contributed by atoms with Gasteiger partial charge in [-0.2, -0.15) is 0 Å². The van der Waals surface area contributed by atoms with E-state index >= 15 is 0 Å². The standard InChI is InChI=1S/C14H18N4O3S/c1-8-5-10(21-7-12(19)18-15)3-4-11(8)13(20)17-14-16-6-9(2)22-14/h3-5,9H,6-7,15H2,1-2H3,(H,18,19)(H,16,17,20). The van der Waals surface area contributed by atoms with Crippen LogP contribution in [0.15, 0.2) is 23.2 Å². The third-order valence-corrected chi connectivity index (χ3v) is 4.00. The van der Waals surface area contributed by atoms with E-state index in [1.807, 2.05) is 5.43 Å². The number of benzene rings is 1. The number of amidine groups is 1. The van der Waals surface area contributed by atoms with Gasteiger partial charge in [-0.1, -0.05) is 18.7 Å². The summed E-state index contributed by atoms with van der Waals surface area (Å²) in [5.74, 6) is 4.84. The summed E-state index contributed by atoms with van der Waals surface area (Å²) < 4.78 is 5.27. The van der Waals surface area contributed by atoms with Crippen molar-refractivity contribution in [1.29, 1.82) is 0 Å². The summed E-state index contributed by atoms with van der Waals surface area (Å²) in [5, 5.41) is 3.84. The first-order valence-electron chi connectivity index (χ1n) is 6.75. The summed E-state index contributed by atoms with van der Waals surface area (Å²) >= 11 is 1.55. The highest BCUT2D eigenvalue weighted by atomic mass is 32.2. The quantitative estimate of drug-likeness (QED) is 0.427. The zero-order valence-electron chi connectivity index (χ0n) is 12.4. The second-order valence-corrected chi connectivity index (χ2v) is 6.29. The molecule has 1 unspecified atom stereocenters. The first-order valence-corrected chi connectivity index (χ1v) is 7.63. The van der Waals surface area contributed by atoms with Crippen molar-refractivity contribution < 1.29 is 14.3 Å². The molecule has 1 aromatic rings. The highest BCUT2D eigenvalue weighted by molar-refractivity contribution is 8.14. The van der Waals surface area contributed by atoms with E-state index in [2.05, 4.69) is 17.2 Å². The number of nitrogens with one attached hydrogen (secondary N) is 2. The Morgan fingerprint density at radius 1 is 1.50 bits per heavy atom. The number of hydrogen-bond donors (Lipinski definition) is 3. The molecule has 0 saturated carbocycles. The van der Waals surface area contributed by atoms with Crippen LogP contribution in [0.3, 0.4) is 0 Å². The third kappa shape index (κ3) is 4.22. The smallest absolute Gasteiger partial charge is 0.271 e. The Hall–Kier alpha value is -2.06. The number of nitrogens with zero attached hydrogens (tertiary/aromatic N) is 1. The molecule has 0 aromatic heterocycles. The van der Waals surface area contributed by atoms with Crippen molar-refractivity contribution in [2.24, 2.45) is 10.8 Å². The van der Waals surface area contributed by atoms with Crippen molar-refractivity contribution in [2.45, 2.75) is 19.1 Å². The molecule has 2 amide bonds. The van der Waals surface area contributed by atoms with Crippen molar-refractivity contribution in [2.75, 3.05) is 13.2 Å². The number of hydrazine groups is 1. The van der Waals surface area contributed by atoms with Gasteiger partial charge in [0, 0.05) is 10.8 Å². The fourth-order valence-electron chi connectivity index (χ4n) is 1.88. The predicted octanol–water partition coefficient (Wildman–Crippen LogP) is 0.585. The molecule has 7 nitrogen and oxygen atoms in total. The van der Waals surface area contributed by atoms with Crippen molar-refractivity contribution >= 4 is 28.7 Å². The van der Waals surface area contributed by atoms with Crippen molar-refractivity contribution in [3.05, 3.63) is 29.3 Å². The van der Waals surface area contributed by atoms with Crippen LogP contribution in [0.1, 0.15) is 22.8 Å². The lowest BCUT2D eigenvalue weighted by atomic mass is 10.1. The van der Waals surface area contributed by atoms with E-state index in [0.717, 1.165) is 12.1 Å². The lowest BCUT2D eigenvalue weighted by molar-refractivity contribution is -0.123. The molecule has 1 aromatic carbocycles. The Balaban J connectivity index is 1.99. The first kappa shape index (κ1) is 16.3. The number of amides is 2. The number of aryl methyl sites for hydroxylation is 1. The van der Waals surface area contributed by atoms with Crippen LogP contribution < -0.4 is 21.3 Å². The first-order chi connectivity index (χ1) is 10.5. The molecule has 0 saturated heterocycles. The van der Waals surface area contributed by atoms with E-state index in [1.165, 1.54) is 0 Å². The molecule has 1 aliphatic rings. The predicted molar refractivity (Wildman–Crippen MR) is 85.8 cm³/mol. The maximum absolute atomic E-state index is 12.2. The number of carbonyl (C=O) groups is 2. The summed E-state index contributed by atoms with van der Waals surface area (Å²) in [6, 6.07) is 4.99. The molecule has 1 heterocycles. The van der Waals surface area contributed by atoms with Gasteiger partial charge in [0.05, 0.1) is 6.54 Å². The molecule has 0 bridgehead atoms. The lowest BCUT2D eigenvalue weighted by Gasteiger charge is -2.10. The van der Waals surface area contributed by atoms with E-state index in [0.29, 0.717) is 21.7 Å². The SMILES string of the molecule is Cc1cc(OCC(=O)NN)ccc1C(=O)NC1=NCC(C)S1. The van der Waals surface area contributed by atoms with Gasteiger partial charge < -0.3 is 10.1 Å². The Kier molecular flexibility index (Phi) is 5.40. The molecule has 8 heteroatoms. The van der Waals surface area contributed by atoms with Crippen LogP contribution in [-0.4, -0.2) is 35.4 Å². The van der Waals surface area contributed by atoms with Gasteiger partial charge in [0.1, 0.15) is 5.75 Å². The Morgan fingerprint density at radius 3 is 2.86 bits per heavy atom. The maximum Gasteiger partial charge on any atom is 0.271 e. The summed E-state index contributed by atoms with van der Waals surface area (Å²) in [7, 11) is 0. The molecule has 2 rings (SSSR count). The van der Waals surface area contributed by atoms with Gasteiger partial charge in [-0.25, -0.2) is 5.84 Å².